The lowest BCUT2D eigenvalue weighted by molar-refractivity contribution is -0.137. The van der Waals surface area contributed by atoms with Crippen LogP contribution in [0.2, 0.25) is 0 Å². The van der Waals surface area contributed by atoms with E-state index >= 15 is 0 Å². The highest BCUT2D eigenvalue weighted by Gasteiger charge is 2.27. The lowest BCUT2D eigenvalue weighted by atomic mass is 9.95. The summed E-state index contributed by atoms with van der Waals surface area (Å²) in [5.74, 6) is 0.921. The number of rotatable bonds is 4. The highest BCUT2D eigenvalue weighted by Crippen LogP contribution is 2.17. The largest absolute Gasteiger partial charge is 0.341 e. The zero-order valence-electron chi connectivity index (χ0n) is 11.1. The summed E-state index contributed by atoms with van der Waals surface area (Å²) in [7, 11) is 0. The topological polar surface area (TPSA) is 32.3 Å². The molecule has 1 rings (SSSR count). The Morgan fingerprint density at radius 3 is 2.69 bits per heavy atom. The first-order valence-corrected chi connectivity index (χ1v) is 6.58. The maximum absolute atomic E-state index is 12.2. The Kier molecular flexibility index (Phi) is 5.26. The molecule has 3 nitrogen and oxygen atoms in total. The first-order valence-electron chi connectivity index (χ1n) is 6.58. The molecule has 0 saturated carbocycles. The van der Waals surface area contributed by atoms with Gasteiger partial charge in [0.05, 0.1) is 0 Å². The average molecular weight is 226 g/mol. The number of piperidine rings is 1. The Morgan fingerprint density at radius 2 is 2.12 bits per heavy atom. The second-order valence-electron chi connectivity index (χ2n) is 5.21. The first kappa shape index (κ1) is 13.5. The number of carbonyl (C=O) groups is 1. The molecule has 1 saturated heterocycles. The van der Waals surface area contributed by atoms with Crippen LogP contribution in [-0.4, -0.2) is 36.5 Å². The quantitative estimate of drug-likeness (QED) is 0.794. The van der Waals surface area contributed by atoms with E-state index < -0.39 is 0 Å². The van der Waals surface area contributed by atoms with Gasteiger partial charge in [-0.15, -0.1) is 0 Å². The molecular weight excluding hydrogens is 200 g/mol. The molecule has 0 aliphatic carbocycles. The second-order valence-corrected chi connectivity index (χ2v) is 5.21. The van der Waals surface area contributed by atoms with Crippen LogP contribution >= 0.6 is 0 Å². The van der Waals surface area contributed by atoms with Crippen molar-refractivity contribution in [3.05, 3.63) is 0 Å². The van der Waals surface area contributed by atoms with Crippen LogP contribution in [0.5, 0.6) is 0 Å². The monoisotopic (exact) mass is 226 g/mol. The lowest BCUT2D eigenvalue weighted by Gasteiger charge is -2.35. The lowest BCUT2D eigenvalue weighted by Crippen LogP contribution is -2.49. The summed E-state index contributed by atoms with van der Waals surface area (Å²) < 4.78 is 0. The van der Waals surface area contributed by atoms with Crippen LogP contribution in [0.4, 0.5) is 0 Å². The molecule has 1 N–H and O–H groups in total. The summed E-state index contributed by atoms with van der Waals surface area (Å²) in [6.45, 7) is 11.2. The summed E-state index contributed by atoms with van der Waals surface area (Å²) in [6, 6.07) is 0.502. The minimum atomic E-state index is 0.153. The van der Waals surface area contributed by atoms with E-state index in [0.717, 1.165) is 26.1 Å². The molecule has 1 amide bonds. The molecule has 2 atom stereocenters. The Hall–Kier alpha value is -0.570. The van der Waals surface area contributed by atoms with Gasteiger partial charge in [-0.05, 0) is 25.3 Å². The second kappa shape index (κ2) is 6.24. The van der Waals surface area contributed by atoms with Crippen molar-refractivity contribution in [3.8, 4) is 0 Å². The maximum atomic E-state index is 12.2. The van der Waals surface area contributed by atoms with E-state index in [2.05, 4.69) is 26.1 Å². The zero-order chi connectivity index (χ0) is 12.1. The minimum Gasteiger partial charge on any atom is -0.341 e. The van der Waals surface area contributed by atoms with Crippen LogP contribution in [-0.2, 0) is 4.79 Å². The van der Waals surface area contributed by atoms with Crippen LogP contribution in [0.1, 0.15) is 40.5 Å². The summed E-state index contributed by atoms with van der Waals surface area (Å²) in [5.41, 5.74) is 0. The highest BCUT2D eigenvalue weighted by atomic mass is 16.2. The maximum Gasteiger partial charge on any atom is 0.225 e. The Bertz CT molecular complexity index is 226. The zero-order valence-corrected chi connectivity index (χ0v) is 11.1. The van der Waals surface area contributed by atoms with Crippen LogP contribution < -0.4 is 5.32 Å². The molecule has 0 aromatic carbocycles. The number of hydrogen-bond acceptors (Lipinski definition) is 2. The average Bonchev–Trinajstić information content (AvgIpc) is 2.28. The third-order valence-electron chi connectivity index (χ3n) is 3.62. The van der Waals surface area contributed by atoms with Gasteiger partial charge in [-0.25, -0.2) is 0 Å². The number of amides is 1. The van der Waals surface area contributed by atoms with Gasteiger partial charge in [0, 0.05) is 25.0 Å². The van der Waals surface area contributed by atoms with Gasteiger partial charge in [-0.2, -0.15) is 0 Å². The molecule has 1 aliphatic rings. The molecule has 2 unspecified atom stereocenters. The van der Waals surface area contributed by atoms with Gasteiger partial charge in [0.2, 0.25) is 5.91 Å². The Labute approximate surface area is 99.6 Å². The van der Waals surface area contributed by atoms with E-state index in [1.807, 2.05) is 11.8 Å². The number of nitrogens with one attached hydrogen (secondary N) is 1. The molecule has 94 valence electrons. The Balaban J connectivity index is 2.49. The van der Waals surface area contributed by atoms with E-state index in [4.69, 9.17) is 0 Å². The molecular formula is C13H26N2O. The van der Waals surface area contributed by atoms with Crippen LogP contribution in [0.3, 0.4) is 0 Å². The van der Waals surface area contributed by atoms with Crippen molar-refractivity contribution in [2.75, 3.05) is 19.6 Å². The van der Waals surface area contributed by atoms with Gasteiger partial charge >= 0.3 is 0 Å². The van der Waals surface area contributed by atoms with Gasteiger partial charge in [-0.1, -0.05) is 27.7 Å². The smallest absolute Gasteiger partial charge is 0.225 e. The SMILES string of the molecule is CCNC1CCCN(C(=O)C(C)C(C)C)C1. The summed E-state index contributed by atoms with van der Waals surface area (Å²) >= 11 is 0. The molecule has 0 bridgehead atoms. The molecule has 1 heterocycles. The van der Waals surface area contributed by atoms with Crippen molar-refractivity contribution in [3.63, 3.8) is 0 Å². The highest BCUT2D eigenvalue weighted by molar-refractivity contribution is 5.78. The molecule has 1 aliphatic heterocycles. The number of likely N-dealkylation sites (N-methyl/N-ethyl adjacent to an activating group) is 1. The van der Waals surface area contributed by atoms with Crippen molar-refractivity contribution in [1.29, 1.82) is 0 Å². The number of carbonyl (C=O) groups excluding carboxylic acids is 1. The molecule has 0 radical (unpaired) electrons. The van der Waals surface area contributed by atoms with Crippen LogP contribution in [0.25, 0.3) is 0 Å². The molecule has 16 heavy (non-hydrogen) atoms. The van der Waals surface area contributed by atoms with Gasteiger partial charge in [0.15, 0.2) is 0 Å². The van der Waals surface area contributed by atoms with E-state index in [0.29, 0.717) is 17.9 Å². The predicted octanol–water partition coefficient (Wildman–Crippen LogP) is 1.88. The van der Waals surface area contributed by atoms with Gasteiger partial charge < -0.3 is 10.2 Å². The summed E-state index contributed by atoms with van der Waals surface area (Å²) in [4.78, 5) is 14.2. The van der Waals surface area contributed by atoms with E-state index in [1.54, 1.807) is 0 Å². The summed E-state index contributed by atoms with van der Waals surface area (Å²) in [5, 5.41) is 3.44. The number of hydrogen-bond donors (Lipinski definition) is 1. The molecule has 0 aromatic rings. The molecule has 0 spiro atoms. The predicted molar refractivity (Wildman–Crippen MR) is 67.3 cm³/mol. The van der Waals surface area contributed by atoms with E-state index in [1.165, 1.54) is 6.42 Å². The van der Waals surface area contributed by atoms with E-state index in [-0.39, 0.29) is 5.92 Å². The van der Waals surface area contributed by atoms with Gasteiger partial charge in [0.1, 0.15) is 0 Å². The van der Waals surface area contributed by atoms with Crippen LogP contribution in [0, 0.1) is 11.8 Å². The van der Waals surface area contributed by atoms with Crippen LogP contribution in [0.15, 0.2) is 0 Å². The number of nitrogens with zero attached hydrogens (tertiary/aromatic N) is 1. The van der Waals surface area contributed by atoms with E-state index in [9.17, 15) is 4.79 Å². The molecule has 0 aromatic heterocycles. The standard InChI is InChI=1S/C13H26N2O/c1-5-14-12-7-6-8-15(9-12)13(16)11(4)10(2)3/h10-12,14H,5-9H2,1-4H3. The molecule has 1 fully saturated rings. The molecule has 3 heteroatoms. The fourth-order valence-corrected chi connectivity index (χ4v) is 2.21. The normalized spacial score (nSPS) is 23.6. The minimum absolute atomic E-state index is 0.153. The summed E-state index contributed by atoms with van der Waals surface area (Å²) in [6.07, 6.45) is 2.34. The third kappa shape index (κ3) is 3.48. The first-order chi connectivity index (χ1) is 7.56. The van der Waals surface area contributed by atoms with Gasteiger partial charge in [0.25, 0.3) is 0 Å². The van der Waals surface area contributed by atoms with Crippen molar-refractivity contribution in [2.24, 2.45) is 11.8 Å². The van der Waals surface area contributed by atoms with Crippen molar-refractivity contribution in [1.82, 2.24) is 10.2 Å². The third-order valence-corrected chi connectivity index (χ3v) is 3.62. The number of likely N-dealkylation sites (tertiary alicyclic amines) is 1. The fraction of sp³-hybridized carbons (Fsp3) is 0.923. The van der Waals surface area contributed by atoms with Crippen molar-refractivity contribution in [2.45, 2.75) is 46.6 Å². The fourth-order valence-electron chi connectivity index (χ4n) is 2.21. The van der Waals surface area contributed by atoms with Crippen molar-refractivity contribution >= 4 is 5.91 Å². The Morgan fingerprint density at radius 1 is 1.44 bits per heavy atom. The van der Waals surface area contributed by atoms with Crippen molar-refractivity contribution < 1.29 is 4.79 Å². The van der Waals surface area contributed by atoms with Gasteiger partial charge in [-0.3, -0.25) is 4.79 Å².